The number of hydrogen-bond acceptors (Lipinski definition) is 4. The molecule has 1 unspecified atom stereocenters. The van der Waals surface area contributed by atoms with Crippen molar-refractivity contribution in [3.63, 3.8) is 0 Å². The molecule has 0 saturated carbocycles. The SMILES string of the molecule is COc1ccc(C2=C(C#Cc3ccccc3)c3ncccc3C(OC)O2)cc1. The zero-order chi connectivity index (χ0) is 19.3. The molecule has 0 N–H and O–H groups in total. The second kappa shape index (κ2) is 7.99. The minimum absolute atomic E-state index is 0.539. The molecule has 1 aromatic heterocycles. The van der Waals surface area contributed by atoms with Crippen LogP contribution in [0.2, 0.25) is 0 Å². The Balaban J connectivity index is 1.89. The van der Waals surface area contributed by atoms with Gasteiger partial charge in [0.25, 0.3) is 0 Å². The zero-order valence-electron chi connectivity index (χ0n) is 15.7. The molecule has 138 valence electrons. The molecule has 28 heavy (non-hydrogen) atoms. The van der Waals surface area contributed by atoms with Crippen molar-refractivity contribution < 1.29 is 14.2 Å². The lowest BCUT2D eigenvalue weighted by atomic mass is 9.98. The van der Waals surface area contributed by atoms with Gasteiger partial charge in [-0.25, -0.2) is 0 Å². The third-order valence-electron chi connectivity index (χ3n) is 4.45. The number of hydrogen-bond donors (Lipinski definition) is 0. The molecule has 4 rings (SSSR count). The maximum Gasteiger partial charge on any atom is 0.228 e. The number of methoxy groups -OCH3 is 2. The summed E-state index contributed by atoms with van der Waals surface area (Å²) in [6.07, 6.45) is 1.22. The number of ether oxygens (including phenoxy) is 3. The van der Waals surface area contributed by atoms with Crippen LogP contribution in [0.5, 0.6) is 5.75 Å². The lowest BCUT2D eigenvalue weighted by Crippen LogP contribution is -2.16. The number of rotatable bonds is 3. The van der Waals surface area contributed by atoms with Gasteiger partial charge in [0.1, 0.15) is 11.5 Å². The van der Waals surface area contributed by atoms with Crippen LogP contribution in [0, 0.1) is 11.8 Å². The van der Waals surface area contributed by atoms with Crippen molar-refractivity contribution >= 4 is 11.3 Å². The van der Waals surface area contributed by atoms with Gasteiger partial charge in [0.05, 0.1) is 18.4 Å². The molecule has 0 spiro atoms. The third kappa shape index (κ3) is 3.48. The Kier molecular flexibility index (Phi) is 5.09. The number of aromatic nitrogens is 1. The van der Waals surface area contributed by atoms with Gasteiger partial charge in [0, 0.05) is 30.0 Å². The van der Waals surface area contributed by atoms with Crippen LogP contribution >= 0.6 is 0 Å². The van der Waals surface area contributed by atoms with Gasteiger partial charge in [-0.2, -0.15) is 0 Å². The molecule has 4 heteroatoms. The van der Waals surface area contributed by atoms with Gasteiger partial charge >= 0.3 is 0 Å². The molecule has 2 heterocycles. The quantitative estimate of drug-likeness (QED) is 0.628. The average molecular weight is 369 g/mol. The smallest absolute Gasteiger partial charge is 0.228 e. The van der Waals surface area contributed by atoms with E-state index in [-0.39, 0.29) is 0 Å². The summed E-state index contributed by atoms with van der Waals surface area (Å²) < 4.78 is 17.0. The molecule has 2 aromatic carbocycles. The summed E-state index contributed by atoms with van der Waals surface area (Å²) in [4.78, 5) is 4.58. The first-order chi connectivity index (χ1) is 13.8. The lowest BCUT2D eigenvalue weighted by Gasteiger charge is -2.27. The van der Waals surface area contributed by atoms with Crippen LogP contribution < -0.4 is 4.74 Å². The summed E-state index contributed by atoms with van der Waals surface area (Å²) in [6, 6.07) is 21.3. The average Bonchev–Trinajstić information content (AvgIpc) is 2.78. The Labute approximate surface area is 164 Å². The van der Waals surface area contributed by atoms with Crippen LogP contribution in [0.3, 0.4) is 0 Å². The Hall–Kier alpha value is -3.55. The molecule has 0 amide bonds. The minimum Gasteiger partial charge on any atom is -0.497 e. The largest absolute Gasteiger partial charge is 0.497 e. The maximum atomic E-state index is 6.20. The summed E-state index contributed by atoms with van der Waals surface area (Å²) in [6.45, 7) is 0. The van der Waals surface area contributed by atoms with E-state index >= 15 is 0 Å². The van der Waals surface area contributed by atoms with E-state index in [1.165, 1.54) is 0 Å². The Morgan fingerprint density at radius 1 is 0.893 bits per heavy atom. The van der Waals surface area contributed by atoms with Crippen molar-refractivity contribution in [2.24, 2.45) is 0 Å². The molecule has 1 aliphatic heterocycles. The van der Waals surface area contributed by atoms with Gasteiger partial charge in [-0.1, -0.05) is 30.0 Å². The molecule has 0 fully saturated rings. The molecule has 1 aliphatic rings. The van der Waals surface area contributed by atoms with E-state index in [1.54, 1.807) is 20.4 Å². The molecule has 1 atom stereocenters. The van der Waals surface area contributed by atoms with Crippen molar-refractivity contribution in [2.45, 2.75) is 6.29 Å². The van der Waals surface area contributed by atoms with Gasteiger partial charge in [-0.3, -0.25) is 4.98 Å². The van der Waals surface area contributed by atoms with Gasteiger partial charge in [0.15, 0.2) is 0 Å². The highest BCUT2D eigenvalue weighted by Crippen LogP contribution is 2.40. The van der Waals surface area contributed by atoms with E-state index < -0.39 is 6.29 Å². The predicted molar refractivity (Wildman–Crippen MR) is 108 cm³/mol. The molecule has 0 radical (unpaired) electrons. The van der Waals surface area contributed by atoms with E-state index in [4.69, 9.17) is 14.2 Å². The Morgan fingerprint density at radius 2 is 1.68 bits per heavy atom. The van der Waals surface area contributed by atoms with Crippen molar-refractivity contribution in [3.8, 4) is 17.6 Å². The standard InChI is InChI=1S/C24H19NO3/c1-26-19-13-11-18(12-14-19)23-20(15-10-17-7-4-3-5-8-17)22-21(9-6-16-25-22)24(27-2)28-23/h3-9,11-14,16,24H,1-2H3. The second-order valence-electron chi connectivity index (χ2n) is 6.18. The first-order valence-electron chi connectivity index (χ1n) is 8.90. The monoisotopic (exact) mass is 369 g/mol. The number of fused-ring (bicyclic) bond motifs is 1. The highest BCUT2D eigenvalue weighted by atomic mass is 16.7. The number of allylic oxidation sites excluding steroid dienone is 1. The first kappa shape index (κ1) is 17.8. The van der Waals surface area contributed by atoms with E-state index in [2.05, 4.69) is 16.8 Å². The van der Waals surface area contributed by atoms with Crippen LogP contribution in [-0.4, -0.2) is 19.2 Å². The summed E-state index contributed by atoms with van der Waals surface area (Å²) in [7, 11) is 3.26. The van der Waals surface area contributed by atoms with Crippen LogP contribution in [0.1, 0.15) is 28.7 Å². The molecule has 3 aromatic rings. The van der Waals surface area contributed by atoms with Gasteiger partial charge in [-0.05, 0) is 48.5 Å². The number of nitrogens with zero attached hydrogens (tertiary/aromatic N) is 1. The van der Waals surface area contributed by atoms with Crippen LogP contribution in [0.25, 0.3) is 11.3 Å². The molecule has 0 bridgehead atoms. The van der Waals surface area contributed by atoms with Crippen molar-refractivity contribution in [1.82, 2.24) is 4.98 Å². The Morgan fingerprint density at radius 3 is 2.39 bits per heavy atom. The van der Waals surface area contributed by atoms with E-state index in [0.29, 0.717) is 5.76 Å². The summed E-state index contributed by atoms with van der Waals surface area (Å²) in [5, 5.41) is 0. The third-order valence-corrected chi connectivity index (χ3v) is 4.45. The molecule has 0 aliphatic carbocycles. The van der Waals surface area contributed by atoms with Crippen LogP contribution in [0.15, 0.2) is 72.9 Å². The number of benzene rings is 2. The van der Waals surface area contributed by atoms with Gasteiger partial charge in [0.2, 0.25) is 6.29 Å². The van der Waals surface area contributed by atoms with Crippen molar-refractivity contribution in [2.75, 3.05) is 14.2 Å². The van der Waals surface area contributed by atoms with Crippen molar-refractivity contribution in [3.05, 3.63) is 95.3 Å². The highest BCUT2D eigenvalue weighted by molar-refractivity contribution is 5.97. The van der Waals surface area contributed by atoms with Gasteiger partial charge in [-0.15, -0.1) is 0 Å². The normalized spacial score (nSPS) is 15.1. The molecule has 4 nitrogen and oxygen atoms in total. The summed E-state index contributed by atoms with van der Waals surface area (Å²) >= 11 is 0. The summed E-state index contributed by atoms with van der Waals surface area (Å²) in [5.41, 5.74) is 4.18. The fraction of sp³-hybridized carbons (Fsp3) is 0.125. The predicted octanol–water partition coefficient (Wildman–Crippen LogP) is 4.69. The van der Waals surface area contributed by atoms with Crippen LogP contribution in [0.4, 0.5) is 0 Å². The van der Waals surface area contributed by atoms with Gasteiger partial charge < -0.3 is 14.2 Å². The van der Waals surface area contributed by atoms with E-state index in [0.717, 1.165) is 33.7 Å². The zero-order valence-corrected chi connectivity index (χ0v) is 15.7. The second-order valence-corrected chi connectivity index (χ2v) is 6.18. The maximum absolute atomic E-state index is 6.20. The minimum atomic E-state index is -0.539. The fourth-order valence-corrected chi connectivity index (χ4v) is 3.06. The molecular formula is C24H19NO3. The van der Waals surface area contributed by atoms with Crippen LogP contribution in [-0.2, 0) is 9.47 Å². The fourth-order valence-electron chi connectivity index (χ4n) is 3.06. The lowest BCUT2D eigenvalue weighted by molar-refractivity contribution is -0.0771. The van der Waals surface area contributed by atoms with Crippen molar-refractivity contribution in [1.29, 1.82) is 0 Å². The summed E-state index contributed by atoms with van der Waals surface area (Å²) in [5.74, 6) is 7.91. The van der Waals surface area contributed by atoms with E-state index in [9.17, 15) is 0 Å². The first-order valence-corrected chi connectivity index (χ1v) is 8.90. The highest BCUT2D eigenvalue weighted by Gasteiger charge is 2.29. The topological polar surface area (TPSA) is 40.6 Å². The van der Waals surface area contributed by atoms with E-state index in [1.807, 2.05) is 66.7 Å². The molecular weight excluding hydrogens is 350 g/mol. The Bertz CT molecular complexity index is 1060. The number of pyridine rings is 1. The molecule has 0 saturated heterocycles.